The molecular formula is C13H12N4OS. The molecule has 0 aromatic carbocycles. The summed E-state index contributed by atoms with van der Waals surface area (Å²) in [5, 5.41) is 7.02. The molecule has 0 atom stereocenters. The number of rotatable bonds is 4. The van der Waals surface area contributed by atoms with Crippen LogP contribution in [0.4, 0.5) is 0 Å². The highest BCUT2D eigenvalue weighted by Gasteiger charge is 2.13. The monoisotopic (exact) mass is 272 g/mol. The Bertz CT molecular complexity index is 662. The van der Waals surface area contributed by atoms with E-state index in [1.54, 1.807) is 23.7 Å². The van der Waals surface area contributed by atoms with E-state index in [2.05, 4.69) is 27.0 Å². The van der Waals surface area contributed by atoms with Crippen molar-refractivity contribution in [1.82, 2.24) is 20.1 Å². The Balaban J connectivity index is 1.88. The molecule has 6 heteroatoms. The molecule has 3 rings (SSSR count). The predicted octanol–water partition coefficient (Wildman–Crippen LogP) is 3.21. The summed E-state index contributed by atoms with van der Waals surface area (Å²) in [5.41, 5.74) is 1.63. The Morgan fingerprint density at radius 3 is 2.84 bits per heavy atom. The van der Waals surface area contributed by atoms with Gasteiger partial charge in [-0.15, -0.1) is 11.3 Å². The Morgan fingerprint density at radius 2 is 2.05 bits per heavy atom. The van der Waals surface area contributed by atoms with Crippen molar-refractivity contribution in [3.8, 4) is 23.0 Å². The van der Waals surface area contributed by atoms with Crippen LogP contribution >= 0.6 is 11.3 Å². The van der Waals surface area contributed by atoms with E-state index in [1.165, 1.54) is 0 Å². The fourth-order valence-corrected chi connectivity index (χ4v) is 2.56. The molecule has 19 heavy (non-hydrogen) atoms. The van der Waals surface area contributed by atoms with Gasteiger partial charge in [0.25, 0.3) is 5.89 Å². The van der Waals surface area contributed by atoms with Crippen LogP contribution in [0.2, 0.25) is 0 Å². The van der Waals surface area contributed by atoms with Crippen molar-refractivity contribution in [3.05, 3.63) is 34.9 Å². The molecule has 0 N–H and O–H groups in total. The zero-order chi connectivity index (χ0) is 13.1. The van der Waals surface area contributed by atoms with E-state index < -0.39 is 0 Å². The van der Waals surface area contributed by atoms with Crippen LogP contribution in [0.25, 0.3) is 23.0 Å². The zero-order valence-electron chi connectivity index (χ0n) is 10.4. The fourth-order valence-electron chi connectivity index (χ4n) is 1.68. The molecule has 0 aliphatic heterocycles. The Labute approximate surface area is 114 Å². The van der Waals surface area contributed by atoms with Gasteiger partial charge in [-0.1, -0.05) is 12.1 Å². The molecule has 5 nitrogen and oxygen atoms in total. The summed E-state index contributed by atoms with van der Waals surface area (Å²) in [4.78, 5) is 12.8. The second-order valence-corrected chi connectivity index (χ2v) is 4.98. The third-order valence-electron chi connectivity index (χ3n) is 2.60. The Morgan fingerprint density at radius 1 is 1.21 bits per heavy atom. The highest BCUT2D eigenvalue weighted by Crippen LogP contribution is 2.23. The molecule has 0 aliphatic rings. The lowest BCUT2D eigenvalue weighted by Crippen LogP contribution is -1.83. The van der Waals surface area contributed by atoms with E-state index in [9.17, 15) is 0 Å². The molecule has 0 radical (unpaired) electrons. The molecule has 0 fully saturated rings. The van der Waals surface area contributed by atoms with Crippen molar-refractivity contribution < 1.29 is 4.52 Å². The van der Waals surface area contributed by atoms with Gasteiger partial charge in [-0.25, -0.2) is 4.98 Å². The number of hydrogen-bond donors (Lipinski definition) is 0. The summed E-state index contributed by atoms with van der Waals surface area (Å²) in [5.74, 6) is 1.02. The lowest BCUT2D eigenvalue weighted by atomic mass is 10.2. The minimum Gasteiger partial charge on any atom is -0.332 e. The number of pyridine rings is 1. The van der Waals surface area contributed by atoms with Gasteiger partial charge >= 0.3 is 0 Å². The van der Waals surface area contributed by atoms with Gasteiger partial charge in [-0.3, -0.25) is 4.98 Å². The molecule has 0 aliphatic carbocycles. The largest absolute Gasteiger partial charge is 0.332 e. The number of nitrogens with zero attached hydrogens (tertiary/aromatic N) is 4. The first kappa shape index (κ1) is 12.0. The SMILES string of the molecule is CCCc1nc(-c2nc(-c3ccncc3)no2)cs1. The highest BCUT2D eigenvalue weighted by molar-refractivity contribution is 7.09. The lowest BCUT2D eigenvalue weighted by Gasteiger charge is -1.90. The first-order valence-electron chi connectivity index (χ1n) is 6.05. The van der Waals surface area contributed by atoms with Gasteiger partial charge in [0, 0.05) is 23.3 Å². The van der Waals surface area contributed by atoms with Crippen LogP contribution in [-0.2, 0) is 6.42 Å². The fraction of sp³-hybridized carbons (Fsp3) is 0.231. The third kappa shape index (κ3) is 2.53. The van der Waals surface area contributed by atoms with Gasteiger partial charge in [0.15, 0.2) is 0 Å². The van der Waals surface area contributed by atoms with Crippen LogP contribution in [0, 0.1) is 0 Å². The van der Waals surface area contributed by atoms with E-state index >= 15 is 0 Å². The van der Waals surface area contributed by atoms with E-state index in [0.717, 1.165) is 29.1 Å². The van der Waals surface area contributed by atoms with Gasteiger partial charge in [-0.05, 0) is 25.0 Å². The second kappa shape index (κ2) is 5.27. The van der Waals surface area contributed by atoms with Crippen LogP contribution in [0.15, 0.2) is 34.4 Å². The van der Waals surface area contributed by atoms with Gasteiger partial charge in [-0.2, -0.15) is 4.98 Å². The van der Waals surface area contributed by atoms with Crippen molar-refractivity contribution in [3.63, 3.8) is 0 Å². The summed E-state index contributed by atoms with van der Waals surface area (Å²) in [6.45, 7) is 2.13. The minimum atomic E-state index is 0.463. The molecule has 0 spiro atoms. The second-order valence-electron chi connectivity index (χ2n) is 4.04. The minimum absolute atomic E-state index is 0.463. The average Bonchev–Trinajstić information content (AvgIpc) is 3.08. The van der Waals surface area contributed by atoms with Gasteiger partial charge in [0.05, 0.1) is 5.01 Å². The first-order chi connectivity index (χ1) is 9.36. The average molecular weight is 272 g/mol. The van der Waals surface area contributed by atoms with Gasteiger partial charge < -0.3 is 4.52 Å². The Kier molecular flexibility index (Phi) is 3.33. The topological polar surface area (TPSA) is 64.7 Å². The Hall–Kier alpha value is -2.08. The maximum Gasteiger partial charge on any atom is 0.277 e. The molecule has 3 aromatic heterocycles. The van der Waals surface area contributed by atoms with Crippen LogP contribution in [-0.4, -0.2) is 20.1 Å². The summed E-state index contributed by atoms with van der Waals surface area (Å²) >= 11 is 1.63. The van der Waals surface area contributed by atoms with Crippen LogP contribution in [0.3, 0.4) is 0 Å². The summed E-state index contributed by atoms with van der Waals surface area (Å²) < 4.78 is 5.26. The van der Waals surface area contributed by atoms with E-state index in [-0.39, 0.29) is 0 Å². The van der Waals surface area contributed by atoms with Crippen molar-refractivity contribution in [2.45, 2.75) is 19.8 Å². The summed E-state index contributed by atoms with van der Waals surface area (Å²) in [6, 6.07) is 3.69. The molecule has 3 heterocycles. The smallest absolute Gasteiger partial charge is 0.277 e. The quantitative estimate of drug-likeness (QED) is 0.729. The van der Waals surface area contributed by atoms with Gasteiger partial charge in [0.1, 0.15) is 5.69 Å². The van der Waals surface area contributed by atoms with E-state index in [4.69, 9.17) is 4.52 Å². The predicted molar refractivity (Wildman–Crippen MR) is 72.6 cm³/mol. The third-order valence-corrected chi connectivity index (χ3v) is 3.51. The van der Waals surface area contributed by atoms with E-state index in [1.807, 2.05) is 17.5 Å². The maximum atomic E-state index is 5.26. The van der Waals surface area contributed by atoms with Crippen molar-refractivity contribution in [1.29, 1.82) is 0 Å². The normalized spacial score (nSPS) is 10.8. The first-order valence-corrected chi connectivity index (χ1v) is 6.93. The molecule has 3 aromatic rings. The highest BCUT2D eigenvalue weighted by atomic mass is 32.1. The number of aryl methyl sites for hydroxylation is 1. The van der Waals surface area contributed by atoms with Crippen molar-refractivity contribution in [2.24, 2.45) is 0 Å². The zero-order valence-corrected chi connectivity index (χ0v) is 11.2. The van der Waals surface area contributed by atoms with Gasteiger partial charge in [0.2, 0.25) is 5.82 Å². The molecule has 0 saturated heterocycles. The molecule has 96 valence electrons. The van der Waals surface area contributed by atoms with Crippen molar-refractivity contribution >= 4 is 11.3 Å². The summed E-state index contributed by atoms with van der Waals surface area (Å²) in [6.07, 6.45) is 5.47. The molecule has 0 amide bonds. The number of hydrogen-bond acceptors (Lipinski definition) is 6. The lowest BCUT2D eigenvalue weighted by molar-refractivity contribution is 0.431. The standard InChI is InChI=1S/C13H12N4OS/c1-2-3-11-15-10(8-19-11)13-16-12(17-18-13)9-4-6-14-7-5-9/h4-8H,2-3H2,1H3. The summed E-state index contributed by atoms with van der Waals surface area (Å²) in [7, 11) is 0. The van der Waals surface area contributed by atoms with Crippen molar-refractivity contribution in [2.75, 3.05) is 0 Å². The molecule has 0 unspecified atom stereocenters. The van der Waals surface area contributed by atoms with Crippen LogP contribution in [0.1, 0.15) is 18.4 Å². The maximum absolute atomic E-state index is 5.26. The van der Waals surface area contributed by atoms with Crippen LogP contribution in [0.5, 0.6) is 0 Å². The molecule has 0 saturated carbocycles. The van der Waals surface area contributed by atoms with Crippen LogP contribution < -0.4 is 0 Å². The number of thiazole rings is 1. The molecular weight excluding hydrogens is 260 g/mol. The molecule has 0 bridgehead atoms. The van der Waals surface area contributed by atoms with E-state index in [0.29, 0.717) is 11.7 Å². The number of aromatic nitrogens is 4.